The summed E-state index contributed by atoms with van der Waals surface area (Å²) in [6.45, 7) is 1.31. The van der Waals surface area contributed by atoms with Gasteiger partial charge >= 0.3 is 0 Å². The normalized spacial score (nSPS) is 12.8. The Labute approximate surface area is 125 Å². The number of carbonyl (C=O) groups excluding carboxylic acids is 1. The highest BCUT2D eigenvalue weighted by Crippen LogP contribution is 2.32. The lowest BCUT2D eigenvalue weighted by molar-refractivity contribution is 0.102. The van der Waals surface area contributed by atoms with Crippen LogP contribution in [-0.4, -0.2) is 19.1 Å². The molecule has 2 aromatic rings. The van der Waals surface area contributed by atoms with Crippen LogP contribution < -0.4 is 15.4 Å². The molecular formula is C15H13BrN2O2. The minimum absolute atomic E-state index is 0.183. The van der Waals surface area contributed by atoms with Gasteiger partial charge in [0.1, 0.15) is 6.61 Å². The predicted octanol–water partition coefficient (Wildman–Crippen LogP) is 3.51. The van der Waals surface area contributed by atoms with Crippen molar-refractivity contribution in [3.05, 3.63) is 52.5 Å². The maximum Gasteiger partial charge on any atom is 0.259 e. The van der Waals surface area contributed by atoms with Crippen molar-refractivity contribution in [3.8, 4) is 5.75 Å². The van der Waals surface area contributed by atoms with Crippen molar-refractivity contribution in [2.45, 2.75) is 0 Å². The third-order valence-electron chi connectivity index (χ3n) is 3.05. The molecule has 0 atom stereocenters. The van der Waals surface area contributed by atoms with Gasteiger partial charge in [0.15, 0.2) is 5.75 Å². The van der Waals surface area contributed by atoms with Crippen LogP contribution >= 0.6 is 15.9 Å². The first kappa shape index (κ1) is 13.0. The van der Waals surface area contributed by atoms with Crippen molar-refractivity contribution < 1.29 is 9.53 Å². The number of nitrogens with one attached hydrogen (secondary N) is 2. The van der Waals surface area contributed by atoms with Crippen LogP contribution in [0.1, 0.15) is 10.4 Å². The lowest BCUT2D eigenvalue weighted by atomic mass is 10.1. The van der Waals surface area contributed by atoms with E-state index >= 15 is 0 Å². The van der Waals surface area contributed by atoms with Crippen LogP contribution in [0.3, 0.4) is 0 Å². The van der Waals surface area contributed by atoms with Gasteiger partial charge in [-0.1, -0.05) is 18.2 Å². The Morgan fingerprint density at radius 2 is 2.05 bits per heavy atom. The fraction of sp³-hybridized carbons (Fsp3) is 0.133. The van der Waals surface area contributed by atoms with Crippen LogP contribution in [0.25, 0.3) is 0 Å². The van der Waals surface area contributed by atoms with Gasteiger partial charge in [0.2, 0.25) is 0 Å². The molecule has 4 nitrogen and oxygen atoms in total. The van der Waals surface area contributed by atoms with E-state index in [9.17, 15) is 4.79 Å². The highest BCUT2D eigenvalue weighted by atomic mass is 79.9. The molecular weight excluding hydrogens is 320 g/mol. The highest BCUT2D eigenvalue weighted by Gasteiger charge is 2.19. The van der Waals surface area contributed by atoms with E-state index in [0.717, 1.165) is 22.4 Å². The summed E-state index contributed by atoms with van der Waals surface area (Å²) in [6, 6.07) is 13.0. The van der Waals surface area contributed by atoms with Gasteiger partial charge in [-0.25, -0.2) is 0 Å². The van der Waals surface area contributed by atoms with Crippen molar-refractivity contribution in [3.63, 3.8) is 0 Å². The second-order valence-electron chi connectivity index (χ2n) is 4.39. The summed E-state index contributed by atoms with van der Waals surface area (Å²) < 4.78 is 6.45. The molecule has 1 heterocycles. The van der Waals surface area contributed by atoms with Gasteiger partial charge in [0, 0.05) is 11.0 Å². The summed E-state index contributed by atoms with van der Waals surface area (Å²) in [4.78, 5) is 12.4. The molecule has 1 aliphatic heterocycles. The fourth-order valence-electron chi connectivity index (χ4n) is 2.10. The Balaban J connectivity index is 1.90. The average molecular weight is 333 g/mol. The van der Waals surface area contributed by atoms with Crippen LogP contribution in [0.5, 0.6) is 5.75 Å². The number of para-hydroxylation sites is 2. The molecule has 3 rings (SSSR count). The van der Waals surface area contributed by atoms with Crippen molar-refractivity contribution >= 4 is 33.2 Å². The second-order valence-corrected chi connectivity index (χ2v) is 5.25. The molecule has 0 spiro atoms. The van der Waals surface area contributed by atoms with E-state index in [2.05, 4.69) is 26.6 Å². The maximum absolute atomic E-state index is 12.4. The monoisotopic (exact) mass is 332 g/mol. The first-order valence-electron chi connectivity index (χ1n) is 6.31. The molecule has 0 unspecified atom stereocenters. The van der Waals surface area contributed by atoms with E-state index in [0.29, 0.717) is 17.9 Å². The Bertz CT molecular complexity index is 658. The molecule has 5 heteroatoms. The summed E-state index contributed by atoms with van der Waals surface area (Å²) >= 11 is 3.41. The molecule has 0 radical (unpaired) electrons. The third kappa shape index (κ3) is 2.49. The number of hydrogen-bond donors (Lipinski definition) is 2. The molecule has 0 bridgehead atoms. The van der Waals surface area contributed by atoms with Crippen LogP contribution in [0.15, 0.2) is 46.9 Å². The SMILES string of the molecule is O=C(Nc1ccccc1Br)c1cccc2c1OCCN2. The van der Waals surface area contributed by atoms with E-state index in [4.69, 9.17) is 4.74 Å². The van der Waals surface area contributed by atoms with Gasteiger partial charge in [-0.15, -0.1) is 0 Å². The van der Waals surface area contributed by atoms with E-state index in [1.165, 1.54) is 0 Å². The highest BCUT2D eigenvalue weighted by molar-refractivity contribution is 9.10. The minimum atomic E-state index is -0.183. The molecule has 2 aromatic carbocycles. The number of anilines is 2. The number of rotatable bonds is 2. The second kappa shape index (κ2) is 5.54. The summed E-state index contributed by atoms with van der Waals surface area (Å²) in [5, 5.41) is 6.10. The first-order valence-corrected chi connectivity index (χ1v) is 7.10. The zero-order chi connectivity index (χ0) is 13.9. The van der Waals surface area contributed by atoms with E-state index in [1.807, 2.05) is 36.4 Å². The Morgan fingerprint density at radius 1 is 1.20 bits per heavy atom. The standard InChI is InChI=1S/C15H13BrN2O2/c16-11-5-1-2-6-12(11)18-15(19)10-4-3-7-13-14(10)20-9-8-17-13/h1-7,17H,8-9H2,(H,18,19). The molecule has 2 N–H and O–H groups in total. The lowest BCUT2D eigenvalue weighted by Gasteiger charge is -2.21. The number of halogens is 1. The number of ether oxygens (including phenoxy) is 1. The van der Waals surface area contributed by atoms with Gasteiger partial charge in [-0.2, -0.15) is 0 Å². The topological polar surface area (TPSA) is 50.4 Å². The van der Waals surface area contributed by atoms with E-state index in [-0.39, 0.29) is 5.91 Å². The third-order valence-corrected chi connectivity index (χ3v) is 3.74. The number of carbonyl (C=O) groups is 1. The van der Waals surface area contributed by atoms with Gasteiger partial charge < -0.3 is 15.4 Å². The van der Waals surface area contributed by atoms with E-state index < -0.39 is 0 Å². The van der Waals surface area contributed by atoms with Crippen LogP contribution in [0.4, 0.5) is 11.4 Å². The van der Waals surface area contributed by atoms with Crippen LogP contribution in [0, 0.1) is 0 Å². The van der Waals surface area contributed by atoms with Gasteiger partial charge in [-0.3, -0.25) is 4.79 Å². The predicted molar refractivity (Wildman–Crippen MR) is 82.5 cm³/mol. The summed E-state index contributed by atoms with van der Waals surface area (Å²) in [7, 11) is 0. The van der Waals surface area contributed by atoms with Gasteiger partial charge in [0.05, 0.1) is 16.9 Å². The number of benzene rings is 2. The first-order chi connectivity index (χ1) is 9.75. The van der Waals surface area contributed by atoms with Crippen molar-refractivity contribution in [2.75, 3.05) is 23.8 Å². The van der Waals surface area contributed by atoms with Crippen molar-refractivity contribution in [1.29, 1.82) is 0 Å². The van der Waals surface area contributed by atoms with E-state index in [1.54, 1.807) is 6.07 Å². The Hall–Kier alpha value is -2.01. The molecule has 1 aliphatic rings. The molecule has 102 valence electrons. The fourth-order valence-corrected chi connectivity index (χ4v) is 2.49. The average Bonchev–Trinajstić information content (AvgIpc) is 2.49. The largest absolute Gasteiger partial charge is 0.489 e. The zero-order valence-corrected chi connectivity index (χ0v) is 12.2. The molecule has 0 saturated carbocycles. The molecule has 0 aliphatic carbocycles. The summed E-state index contributed by atoms with van der Waals surface area (Å²) in [5.74, 6) is 0.431. The van der Waals surface area contributed by atoms with Crippen LogP contribution in [0.2, 0.25) is 0 Å². The molecule has 0 fully saturated rings. The molecule has 0 aromatic heterocycles. The Morgan fingerprint density at radius 3 is 2.90 bits per heavy atom. The number of amides is 1. The maximum atomic E-state index is 12.4. The quantitative estimate of drug-likeness (QED) is 0.884. The number of fused-ring (bicyclic) bond motifs is 1. The van der Waals surface area contributed by atoms with Crippen molar-refractivity contribution in [1.82, 2.24) is 0 Å². The minimum Gasteiger partial charge on any atom is -0.489 e. The Kier molecular flexibility index (Phi) is 3.60. The number of hydrogen-bond acceptors (Lipinski definition) is 3. The summed E-state index contributed by atoms with van der Waals surface area (Å²) in [5.41, 5.74) is 2.13. The molecule has 20 heavy (non-hydrogen) atoms. The zero-order valence-electron chi connectivity index (χ0n) is 10.7. The van der Waals surface area contributed by atoms with Crippen molar-refractivity contribution in [2.24, 2.45) is 0 Å². The lowest BCUT2D eigenvalue weighted by Crippen LogP contribution is -2.22. The van der Waals surface area contributed by atoms with Gasteiger partial charge in [0.25, 0.3) is 5.91 Å². The molecule has 0 saturated heterocycles. The molecule has 1 amide bonds. The summed E-state index contributed by atoms with van der Waals surface area (Å²) in [6.07, 6.45) is 0. The van der Waals surface area contributed by atoms with Gasteiger partial charge in [-0.05, 0) is 40.2 Å². The van der Waals surface area contributed by atoms with Crippen LogP contribution in [-0.2, 0) is 0 Å². The smallest absolute Gasteiger partial charge is 0.259 e.